The summed E-state index contributed by atoms with van der Waals surface area (Å²) in [6, 6.07) is 36.0. The largest absolute Gasteiger partial charge is 0.489 e. The van der Waals surface area contributed by atoms with Crippen molar-refractivity contribution in [2.45, 2.75) is 37.8 Å². The Morgan fingerprint density at radius 1 is 0.822 bits per heavy atom. The summed E-state index contributed by atoms with van der Waals surface area (Å²) in [5.41, 5.74) is 8.14. The van der Waals surface area contributed by atoms with Gasteiger partial charge in [-0.15, -0.1) is 0 Å². The molecule has 0 saturated carbocycles. The summed E-state index contributed by atoms with van der Waals surface area (Å²) in [7, 11) is 3.42. The number of hydrogen-bond acceptors (Lipinski definition) is 6. The van der Waals surface area contributed by atoms with E-state index in [2.05, 4.69) is 77.7 Å². The molecule has 1 unspecified atom stereocenters. The first kappa shape index (κ1) is 29.6. The van der Waals surface area contributed by atoms with Crippen LogP contribution < -0.4 is 14.4 Å². The number of rotatable bonds is 9. The highest BCUT2D eigenvalue weighted by atomic mass is 16.7. The van der Waals surface area contributed by atoms with E-state index in [0.717, 1.165) is 55.0 Å². The Bertz CT molecular complexity index is 1610. The van der Waals surface area contributed by atoms with Crippen LogP contribution in [0.4, 0.5) is 5.69 Å². The number of nitrogens with zero attached hydrogens (tertiary/aromatic N) is 1. The lowest BCUT2D eigenvalue weighted by Crippen LogP contribution is -2.44. The first-order chi connectivity index (χ1) is 22.1. The maximum absolute atomic E-state index is 6.38. The molecule has 0 aromatic heterocycles. The molecule has 232 valence electrons. The number of piperidine rings is 1. The first-order valence-corrected chi connectivity index (χ1v) is 15.9. The molecule has 4 aromatic rings. The van der Waals surface area contributed by atoms with Gasteiger partial charge in [0.1, 0.15) is 24.7 Å². The Kier molecular flexibility index (Phi) is 8.61. The van der Waals surface area contributed by atoms with Gasteiger partial charge in [-0.25, -0.2) is 0 Å². The molecule has 6 heteroatoms. The molecule has 1 atom stereocenters. The van der Waals surface area contributed by atoms with E-state index >= 15 is 0 Å². The van der Waals surface area contributed by atoms with Gasteiger partial charge in [-0.1, -0.05) is 72.8 Å². The standard InChI is InChI=1S/C39H41NO5/c1-41-38(42-2)31-24-39(45-26-31)19-21-40(22-20-39)32-15-13-30(14-16-32)37-34-18-17-33(43-25-28-9-5-3-6-10-28)23-36(34)44-27-35(37)29-11-7-4-8-12-29/h3-18,23,31,38H,19-22,24-27H2,1-2H3. The molecule has 0 bridgehead atoms. The molecule has 3 aliphatic rings. The van der Waals surface area contributed by atoms with Crippen molar-refractivity contribution in [1.29, 1.82) is 0 Å². The molecule has 0 N–H and O–H groups in total. The second kappa shape index (κ2) is 13.1. The number of methoxy groups -OCH3 is 2. The van der Waals surface area contributed by atoms with Crippen LogP contribution in [0.15, 0.2) is 103 Å². The van der Waals surface area contributed by atoms with Crippen LogP contribution in [0.1, 0.15) is 41.5 Å². The van der Waals surface area contributed by atoms with Crippen LogP contribution in [0.3, 0.4) is 0 Å². The molecule has 7 rings (SSSR count). The van der Waals surface area contributed by atoms with Gasteiger partial charge in [-0.05, 0) is 65.8 Å². The van der Waals surface area contributed by atoms with Crippen molar-refractivity contribution in [1.82, 2.24) is 0 Å². The van der Waals surface area contributed by atoms with E-state index in [-0.39, 0.29) is 17.8 Å². The lowest BCUT2D eigenvalue weighted by Gasteiger charge is -2.40. The van der Waals surface area contributed by atoms with Crippen molar-refractivity contribution in [2.75, 3.05) is 45.4 Å². The second-order valence-corrected chi connectivity index (χ2v) is 12.3. The van der Waals surface area contributed by atoms with Crippen molar-refractivity contribution in [2.24, 2.45) is 5.92 Å². The zero-order valence-corrected chi connectivity index (χ0v) is 26.1. The van der Waals surface area contributed by atoms with Gasteiger partial charge in [-0.3, -0.25) is 0 Å². The van der Waals surface area contributed by atoms with Crippen molar-refractivity contribution < 1.29 is 23.7 Å². The molecular formula is C39H41NO5. The third kappa shape index (κ3) is 6.23. The van der Waals surface area contributed by atoms with E-state index in [1.165, 1.54) is 28.0 Å². The van der Waals surface area contributed by atoms with E-state index in [0.29, 0.717) is 19.8 Å². The molecule has 0 aliphatic carbocycles. The fraction of sp³-hybridized carbons (Fsp3) is 0.333. The second-order valence-electron chi connectivity index (χ2n) is 12.3. The molecule has 2 fully saturated rings. The van der Waals surface area contributed by atoms with Crippen molar-refractivity contribution in [3.63, 3.8) is 0 Å². The summed E-state index contributed by atoms with van der Waals surface area (Å²) in [6.07, 6.45) is 2.80. The first-order valence-electron chi connectivity index (χ1n) is 15.9. The Balaban J connectivity index is 1.11. The SMILES string of the molecule is COC(OC)C1COC2(CCN(c3ccc(C4=C(c5ccccc5)COc5cc(OCc6ccccc6)ccc54)cc3)CC2)C1. The van der Waals surface area contributed by atoms with Crippen molar-refractivity contribution >= 4 is 16.8 Å². The van der Waals surface area contributed by atoms with E-state index in [1.807, 2.05) is 30.3 Å². The average Bonchev–Trinajstić information content (AvgIpc) is 3.51. The van der Waals surface area contributed by atoms with Crippen LogP contribution in [0, 0.1) is 5.92 Å². The highest BCUT2D eigenvalue weighted by Crippen LogP contribution is 2.44. The lowest BCUT2D eigenvalue weighted by molar-refractivity contribution is -0.136. The molecule has 0 radical (unpaired) electrons. The zero-order valence-electron chi connectivity index (χ0n) is 26.1. The number of anilines is 1. The van der Waals surface area contributed by atoms with Gasteiger partial charge in [0.25, 0.3) is 0 Å². The molecule has 45 heavy (non-hydrogen) atoms. The maximum atomic E-state index is 6.38. The molecule has 2 saturated heterocycles. The maximum Gasteiger partial charge on any atom is 0.161 e. The van der Waals surface area contributed by atoms with Gasteiger partial charge in [-0.2, -0.15) is 0 Å². The monoisotopic (exact) mass is 603 g/mol. The number of fused-ring (bicyclic) bond motifs is 1. The summed E-state index contributed by atoms with van der Waals surface area (Å²) in [5, 5.41) is 0. The molecule has 6 nitrogen and oxygen atoms in total. The Hall–Kier alpha value is -4.10. The van der Waals surface area contributed by atoms with Gasteiger partial charge in [0.05, 0.1) is 12.2 Å². The molecule has 4 aromatic carbocycles. The predicted octanol–water partition coefficient (Wildman–Crippen LogP) is 7.61. The number of hydrogen-bond donors (Lipinski definition) is 0. The minimum absolute atomic E-state index is 0.0682. The van der Waals surface area contributed by atoms with Crippen LogP contribution in [-0.2, 0) is 20.8 Å². The molecular weight excluding hydrogens is 562 g/mol. The van der Waals surface area contributed by atoms with Crippen LogP contribution in [-0.4, -0.2) is 52.4 Å². The summed E-state index contributed by atoms with van der Waals surface area (Å²) < 4.78 is 29.9. The van der Waals surface area contributed by atoms with Gasteiger partial charge >= 0.3 is 0 Å². The topological polar surface area (TPSA) is 49.4 Å². The summed E-state index contributed by atoms with van der Waals surface area (Å²) in [4.78, 5) is 2.48. The third-order valence-electron chi connectivity index (χ3n) is 9.55. The minimum Gasteiger partial charge on any atom is -0.489 e. The minimum atomic E-state index is -0.200. The quantitative estimate of drug-likeness (QED) is 0.184. The fourth-order valence-corrected chi connectivity index (χ4v) is 7.14. The Labute approximate surface area is 266 Å². The fourth-order valence-electron chi connectivity index (χ4n) is 7.14. The molecule has 0 amide bonds. The van der Waals surface area contributed by atoms with E-state index in [1.54, 1.807) is 14.2 Å². The molecule has 1 spiro atoms. The van der Waals surface area contributed by atoms with Crippen molar-refractivity contribution in [3.8, 4) is 11.5 Å². The normalized spacial score (nSPS) is 19.1. The Morgan fingerprint density at radius 3 is 2.24 bits per heavy atom. The lowest BCUT2D eigenvalue weighted by atomic mass is 9.85. The molecule has 3 heterocycles. The zero-order chi connectivity index (χ0) is 30.6. The average molecular weight is 604 g/mol. The van der Waals surface area contributed by atoms with Gasteiger partial charge in [0.2, 0.25) is 0 Å². The molecule has 3 aliphatic heterocycles. The summed E-state index contributed by atoms with van der Waals surface area (Å²) in [5.74, 6) is 1.93. The van der Waals surface area contributed by atoms with E-state index in [9.17, 15) is 0 Å². The highest BCUT2D eigenvalue weighted by Gasteiger charge is 2.45. The number of benzene rings is 4. The van der Waals surface area contributed by atoms with E-state index in [4.69, 9.17) is 23.7 Å². The summed E-state index contributed by atoms with van der Waals surface area (Å²) >= 11 is 0. The highest BCUT2D eigenvalue weighted by molar-refractivity contribution is 6.01. The number of ether oxygens (including phenoxy) is 5. The van der Waals surface area contributed by atoms with E-state index < -0.39 is 0 Å². The van der Waals surface area contributed by atoms with Gasteiger partial charge in [0.15, 0.2) is 6.29 Å². The summed E-state index contributed by atoms with van der Waals surface area (Å²) in [6.45, 7) is 3.66. The van der Waals surface area contributed by atoms with Gasteiger partial charge in [0, 0.05) is 56.1 Å². The Morgan fingerprint density at radius 2 is 1.53 bits per heavy atom. The van der Waals surface area contributed by atoms with Crippen LogP contribution in [0.25, 0.3) is 11.1 Å². The van der Waals surface area contributed by atoms with Gasteiger partial charge < -0.3 is 28.6 Å². The smallest absolute Gasteiger partial charge is 0.161 e. The van der Waals surface area contributed by atoms with Crippen LogP contribution in [0.5, 0.6) is 11.5 Å². The van der Waals surface area contributed by atoms with Crippen LogP contribution in [0.2, 0.25) is 0 Å². The predicted molar refractivity (Wildman–Crippen MR) is 178 cm³/mol. The van der Waals surface area contributed by atoms with Crippen molar-refractivity contribution in [3.05, 3.63) is 125 Å². The third-order valence-corrected chi connectivity index (χ3v) is 9.55. The van der Waals surface area contributed by atoms with Crippen LogP contribution >= 0.6 is 0 Å².